The van der Waals surface area contributed by atoms with Gasteiger partial charge in [0.25, 0.3) is 0 Å². The van der Waals surface area contributed by atoms with Crippen molar-refractivity contribution < 1.29 is 4.57 Å². The molecule has 2 nitrogen and oxygen atoms in total. The second-order valence-corrected chi connectivity index (χ2v) is 5.66. The molecule has 0 unspecified atom stereocenters. The van der Waals surface area contributed by atoms with Gasteiger partial charge < -0.3 is 0 Å². The van der Waals surface area contributed by atoms with E-state index in [0.717, 1.165) is 6.54 Å². The van der Waals surface area contributed by atoms with E-state index in [2.05, 4.69) is 73.9 Å². The molecule has 20 heavy (non-hydrogen) atoms. The molecule has 0 atom stereocenters. The number of nitrogens with one attached hydrogen (secondary N) is 1. The predicted octanol–water partition coefficient (Wildman–Crippen LogP) is 3.74. The summed E-state index contributed by atoms with van der Waals surface area (Å²) in [5.41, 5.74) is 9.46. The molecule has 2 heteroatoms. The van der Waals surface area contributed by atoms with Crippen LogP contribution in [-0.2, 0) is 6.54 Å². The van der Waals surface area contributed by atoms with Crippen molar-refractivity contribution in [2.45, 2.75) is 34.2 Å². The molecule has 1 heterocycles. The number of para-hydroxylation sites is 2. The standard InChI is InChI=1S/C18H20N2/c1-12-9-13(2)15(4)16(14(12)3)10-20-11-19-17-7-5-6-8-18(17)20/h5-9,11H,10H2,1-4H3/p+1. The largest absolute Gasteiger partial charge is 0.243 e. The summed E-state index contributed by atoms with van der Waals surface area (Å²) in [5, 5.41) is 0. The van der Waals surface area contributed by atoms with Crippen LogP contribution in [0.2, 0.25) is 0 Å². The Bertz CT molecular complexity index is 755. The number of imidazole rings is 1. The summed E-state index contributed by atoms with van der Waals surface area (Å²) < 4.78 is 2.30. The molecule has 2 aromatic carbocycles. The van der Waals surface area contributed by atoms with Crippen LogP contribution in [0.4, 0.5) is 0 Å². The van der Waals surface area contributed by atoms with Crippen LogP contribution in [0.15, 0.2) is 36.7 Å². The molecule has 0 spiro atoms. The highest BCUT2D eigenvalue weighted by atomic mass is 15.0. The summed E-state index contributed by atoms with van der Waals surface area (Å²) in [6, 6.07) is 10.7. The van der Waals surface area contributed by atoms with Gasteiger partial charge in [0.2, 0.25) is 6.33 Å². The van der Waals surface area contributed by atoms with E-state index in [0.29, 0.717) is 0 Å². The van der Waals surface area contributed by atoms with Crippen molar-refractivity contribution in [1.29, 1.82) is 0 Å². The van der Waals surface area contributed by atoms with Crippen LogP contribution < -0.4 is 4.57 Å². The van der Waals surface area contributed by atoms with Crippen molar-refractivity contribution in [2.75, 3.05) is 0 Å². The first-order valence-electron chi connectivity index (χ1n) is 7.09. The molecule has 3 rings (SSSR count). The molecule has 0 aliphatic heterocycles. The van der Waals surface area contributed by atoms with Gasteiger partial charge in [0.15, 0.2) is 11.0 Å². The van der Waals surface area contributed by atoms with E-state index < -0.39 is 0 Å². The van der Waals surface area contributed by atoms with E-state index in [1.54, 1.807) is 0 Å². The summed E-state index contributed by atoms with van der Waals surface area (Å²) in [6.45, 7) is 9.78. The van der Waals surface area contributed by atoms with Crippen LogP contribution in [-0.4, -0.2) is 4.98 Å². The Balaban J connectivity index is 2.12. The van der Waals surface area contributed by atoms with Crippen molar-refractivity contribution in [3.63, 3.8) is 0 Å². The highest BCUT2D eigenvalue weighted by molar-refractivity contribution is 5.70. The fourth-order valence-electron chi connectivity index (χ4n) is 2.90. The van der Waals surface area contributed by atoms with Gasteiger partial charge in [-0.3, -0.25) is 0 Å². The average molecular weight is 265 g/mol. The topological polar surface area (TPSA) is 19.7 Å². The van der Waals surface area contributed by atoms with Crippen LogP contribution >= 0.6 is 0 Å². The predicted molar refractivity (Wildman–Crippen MR) is 83.0 cm³/mol. The van der Waals surface area contributed by atoms with Gasteiger partial charge in [0.1, 0.15) is 6.54 Å². The van der Waals surface area contributed by atoms with Crippen molar-refractivity contribution in [2.24, 2.45) is 0 Å². The summed E-state index contributed by atoms with van der Waals surface area (Å²) >= 11 is 0. The number of hydrogen-bond donors (Lipinski definition) is 1. The fraction of sp³-hybridized carbons (Fsp3) is 0.278. The molecule has 0 aliphatic rings. The van der Waals surface area contributed by atoms with Gasteiger partial charge in [-0.25, -0.2) is 9.55 Å². The highest BCUT2D eigenvalue weighted by Crippen LogP contribution is 2.21. The van der Waals surface area contributed by atoms with Gasteiger partial charge >= 0.3 is 0 Å². The van der Waals surface area contributed by atoms with Crippen LogP contribution in [0.3, 0.4) is 0 Å². The zero-order valence-corrected chi connectivity index (χ0v) is 12.6. The summed E-state index contributed by atoms with van der Waals surface area (Å²) in [6.07, 6.45) is 2.07. The number of rotatable bonds is 2. The Hall–Kier alpha value is -2.09. The normalized spacial score (nSPS) is 11.2. The molecular weight excluding hydrogens is 244 g/mol. The number of aromatic nitrogens is 2. The van der Waals surface area contributed by atoms with Gasteiger partial charge in [0, 0.05) is 0 Å². The van der Waals surface area contributed by atoms with E-state index >= 15 is 0 Å². The van der Waals surface area contributed by atoms with E-state index in [-0.39, 0.29) is 0 Å². The van der Waals surface area contributed by atoms with Crippen LogP contribution in [0, 0.1) is 27.7 Å². The van der Waals surface area contributed by atoms with Gasteiger partial charge in [-0.05, 0) is 67.6 Å². The third-order valence-electron chi connectivity index (χ3n) is 4.44. The maximum absolute atomic E-state index is 3.34. The first-order valence-corrected chi connectivity index (χ1v) is 7.09. The molecule has 0 bridgehead atoms. The molecule has 102 valence electrons. The van der Waals surface area contributed by atoms with Gasteiger partial charge in [-0.2, -0.15) is 0 Å². The van der Waals surface area contributed by atoms with Gasteiger partial charge in [-0.1, -0.05) is 18.2 Å². The van der Waals surface area contributed by atoms with E-state index in [1.165, 1.54) is 38.9 Å². The number of fused-ring (bicyclic) bond motifs is 1. The lowest BCUT2D eigenvalue weighted by atomic mass is 9.94. The number of benzene rings is 2. The second kappa shape index (κ2) is 4.78. The Morgan fingerprint density at radius 3 is 2.30 bits per heavy atom. The summed E-state index contributed by atoms with van der Waals surface area (Å²) in [4.78, 5) is 3.34. The lowest BCUT2D eigenvalue weighted by Gasteiger charge is -2.14. The Kier molecular flexibility index (Phi) is 3.09. The van der Waals surface area contributed by atoms with Crippen LogP contribution in [0.5, 0.6) is 0 Å². The van der Waals surface area contributed by atoms with Crippen molar-refractivity contribution in [3.05, 3.63) is 64.5 Å². The SMILES string of the molecule is Cc1cc(C)c(C)c(C[n+]2c[nH]c3ccccc32)c1C. The number of aromatic amines is 1. The molecular formula is C18H21N2+. The third kappa shape index (κ3) is 2.01. The van der Waals surface area contributed by atoms with Gasteiger partial charge in [-0.15, -0.1) is 0 Å². The highest BCUT2D eigenvalue weighted by Gasteiger charge is 2.14. The molecule has 0 amide bonds. The zero-order valence-electron chi connectivity index (χ0n) is 12.6. The maximum Gasteiger partial charge on any atom is 0.242 e. The number of nitrogens with zero attached hydrogens (tertiary/aromatic N) is 1. The molecule has 1 N–H and O–H groups in total. The Morgan fingerprint density at radius 2 is 1.60 bits per heavy atom. The fourth-order valence-corrected chi connectivity index (χ4v) is 2.90. The van der Waals surface area contributed by atoms with Crippen molar-refractivity contribution >= 4 is 11.0 Å². The monoisotopic (exact) mass is 265 g/mol. The van der Waals surface area contributed by atoms with E-state index in [9.17, 15) is 0 Å². The van der Waals surface area contributed by atoms with Gasteiger partial charge in [0.05, 0.1) is 0 Å². The molecule has 0 saturated heterocycles. The van der Waals surface area contributed by atoms with E-state index in [1.807, 2.05) is 0 Å². The lowest BCUT2D eigenvalue weighted by molar-refractivity contribution is -0.662. The van der Waals surface area contributed by atoms with E-state index in [4.69, 9.17) is 0 Å². The Labute approximate surface area is 120 Å². The molecule has 1 aromatic heterocycles. The molecule has 3 aromatic rings. The maximum atomic E-state index is 3.34. The molecule has 0 saturated carbocycles. The third-order valence-corrected chi connectivity index (χ3v) is 4.44. The summed E-state index contributed by atoms with van der Waals surface area (Å²) in [7, 11) is 0. The molecule has 0 radical (unpaired) electrons. The number of H-pyrrole nitrogens is 1. The molecule has 0 aliphatic carbocycles. The first-order chi connectivity index (χ1) is 9.58. The number of aryl methyl sites for hydroxylation is 2. The average Bonchev–Trinajstić information content (AvgIpc) is 2.85. The minimum Gasteiger partial charge on any atom is -0.243 e. The second-order valence-electron chi connectivity index (χ2n) is 5.66. The smallest absolute Gasteiger partial charge is 0.242 e. The zero-order chi connectivity index (χ0) is 14.3. The minimum atomic E-state index is 0.921. The quantitative estimate of drug-likeness (QED) is 0.681. The Morgan fingerprint density at radius 1 is 0.950 bits per heavy atom. The lowest BCUT2D eigenvalue weighted by Crippen LogP contribution is -2.33. The van der Waals surface area contributed by atoms with Crippen molar-refractivity contribution in [3.8, 4) is 0 Å². The number of hydrogen-bond acceptors (Lipinski definition) is 0. The van der Waals surface area contributed by atoms with Crippen molar-refractivity contribution in [1.82, 2.24) is 4.98 Å². The van der Waals surface area contributed by atoms with Crippen LogP contribution in [0.25, 0.3) is 11.0 Å². The minimum absolute atomic E-state index is 0.921. The van der Waals surface area contributed by atoms with Crippen LogP contribution in [0.1, 0.15) is 27.8 Å². The molecule has 0 fully saturated rings. The summed E-state index contributed by atoms with van der Waals surface area (Å²) in [5.74, 6) is 0. The first kappa shape index (κ1) is 12.9.